The molecule has 0 unspecified atom stereocenters. The smallest absolute Gasteiger partial charge is 0.325 e. The van der Waals surface area contributed by atoms with E-state index >= 15 is 0 Å². The minimum absolute atomic E-state index is 0.107. The van der Waals surface area contributed by atoms with E-state index in [0.717, 1.165) is 16.7 Å². The molecule has 2 atom stereocenters. The lowest BCUT2D eigenvalue weighted by Crippen LogP contribution is -2.28. The second-order valence-corrected chi connectivity index (χ2v) is 11.3. The minimum Gasteiger partial charge on any atom is -0.488 e. The first-order chi connectivity index (χ1) is 22.4. The molecule has 0 bridgehead atoms. The van der Waals surface area contributed by atoms with Crippen molar-refractivity contribution in [2.45, 2.75) is 38.1 Å². The van der Waals surface area contributed by atoms with E-state index in [-0.39, 0.29) is 25.1 Å². The molecule has 1 aliphatic carbocycles. The molecule has 1 aromatic heterocycles. The number of nitriles is 1. The third-order valence-corrected chi connectivity index (χ3v) is 8.25. The average Bonchev–Trinajstić information content (AvgIpc) is 3.49. The van der Waals surface area contributed by atoms with E-state index in [1.165, 1.54) is 12.3 Å². The molecule has 0 saturated heterocycles. The number of pyridine rings is 1. The molecule has 1 aliphatic rings. The summed E-state index contributed by atoms with van der Waals surface area (Å²) in [5.41, 5.74) is 5.73. The zero-order valence-corrected chi connectivity index (χ0v) is 25.4. The van der Waals surface area contributed by atoms with E-state index in [4.69, 9.17) is 21.1 Å². The number of hydrogen-bond acceptors (Lipinski definition) is 6. The van der Waals surface area contributed by atoms with Gasteiger partial charge in [-0.05, 0) is 53.3 Å². The Morgan fingerprint density at radius 2 is 1.80 bits per heavy atom. The second-order valence-electron chi connectivity index (χ2n) is 10.9. The monoisotopic (exact) mass is 633 g/mol. The molecular formula is C37H29ClFN3O4. The highest BCUT2D eigenvalue weighted by atomic mass is 35.5. The lowest BCUT2D eigenvalue weighted by atomic mass is 9.96. The fourth-order valence-corrected chi connectivity index (χ4v) is 5.99. The van der Waals surface area contributed by atoms with Crippen LogP contribution in [0.2, 0.25) is 5.02 Å². The molecule has 230 valence electrons. The number of carboxylic acids is 1. The van der Waals surface area contributed by atoms with Crippen LogP contribution in [0.3, 0.4) is 0 Å². The zero-order chi connectivity index (χ0) is 32.0. The first kappa shape index (κ1) is 30.8. The summed E-state index contributed by atoms with van der Waals surface area (Å²) in [5, 5.41) is 22.6. The molecule has 0 fully saturated rings. The van der Waals surface area contributed by atoms with E-state index in [2.05, 4.69) is 16.4 Å². The molecule has 46 heavy (non-hydrogen) atoms. The average molecular weight is 634 g/mol. The number of carboxylic acid groups (broad SMARTS) is 1. The van der Waals surface area contributed by atoms with Crippen LogP contribution in [0.5, 0.6) is 11.5 Å². The van der Waals surface area contributed by atoms with Crippen LogP contribution >= 0.6 is 11.6 Å². The van der Waals surface area contributed by atoms with Crippen molar-refractivity contribution in [1.29, 1.82) is 5.26 Å². The number of carbonyl (C=O) groups is 1. The van der Waals surface area contributed by atoms with Gasteiger partial charge in [-0.3, -0.25) is 15.1 Å². The van der Waals surface area contributed by atoms with Gasteiger partial charge in [0, 0.05) is 41.7 Å². The summed E-state index contributed by atoms with van der Waals surface area (Å²) in [7, 11) is 0. The predicted octanol–water partition coefficient (Wildman–Crippen LogP) is 7.97. The number of aliphatic carboxylic acids is 1. The SMILES string of the molecule is N#Cc1cncc(COc2cc(O[C@H]3CCc4c(-c5ccccc5F)cccc43)c(Cl)cc2CN[C@H](C(=O)O)c2ccccc2)c1. The molecule has 0 aliphatic heterocycles. The molecule has 2 N–H and O–H groups in total. The van der Waals surface area contributed by atoms with Gasteiger partial charge in [0.2, 0.25) is 0 Å². The van der Waals surface area contributed by atoms with Crippen LogP contribution in [-0.2, 0) is 24.4 Å². The van der Waals surface area contributed by atoms with Crippen molar-refractivity contribution in [3.8, 4) is 28.7 Å². The van der Waals surface area contributed by atoms with Crippen LogP contribution in [-0.4, -0.2) is 16.1 Å². The van der Waals surface area contributed by atoms with Gasteiger partial charge in [0.25, 0.3) is 0 Å². The molecule has 5 aromatic rings. The van der Waals surface area contributed by atoms with Crippen molar-refractivity contribution >= 4 is 17.6 Å². The van der Waals surface area contributed by atoms with Gasteiger partial charge in [0.05, 0.1) is 10.6 Å². The second kappa shape index (κ2) is 13.8. The number of nitrogens with one attached hydrogen (secondary N) is 1. The zero-order valence-electron chi connectivity index (χ0n) is 24.6. The van der Waals surface area contributed by atoms with Gasteiger partial charge < -0.3 is 14.6 Å². The number of aromatic nitrogens is 1. The quantitative estimate of drug-likeness (QED) is 0.152. The lowest BCUT2D eigenvalue weighted by molar-refractivity contribution is -0.139. The molecule has 9 heteroatoms. The first-order valence-electron chi connectivity index (χ1n) is 14.7. The molecule has 4 aromatic carbocycles. The summed E-state index contributed by atoms with van der Waals surface area (Å²) in [5.74, 6) is -0.461. The van der Waals surface area contributed by atoms with Gasteiger partial charge in [-0.15, -0.1) is 0 Å². The molecule has 1 heterocycles. The third kappa shape index (κ3) is 6.71. The Morgan fingerprint density at radius 1 is 1.02 bits per heavy atom. The van der Waals surface area contributed by atoms with Crippen molar-refractivity contribution in [3.05, 3.63) is 148 Å². The maximum Gasteiger partial charge on any atom is 0.325 e. The van der Waals surface area contributed by atoms with Crippen LogP contribution in [0.25, 0.3) is 11.1 Å². The standard InChI is InChI=1S/C37H29ClFN3O4/c38-31-16-26(21-42-36(37(43)44)25-7-2-1-3-8-25)34(45-22-24-15-23(18-40)19-41-20-24)17-35(31)46-33-14-13-28-27(10-6-11-30(28)33)29-9-4-5-12-32(29)39/h1-12,15-17,19-20,33,36,42H,13-14,21-22H2,(H,43,44)/t33-,36-/m0/s1. The highest BCUT2D eigenvalue weighted by Crippen LogP contribution is 2.43. The number of ether oxygens (including phenoxy) is 2. The number of halogens is 2. The molecule has 6 rings (SSSR count). The largest absolute Gasteiger partial charge is 0.488 e. The highest BCUT2D eigenvalue weighted by molar-refractivity contribution is 6.32. The Labute approximate surface area is 270 Å². The number of fused-ring (bicyclic) bond motifs is 1. The Morgan fingerprint density at radius 3 is 2.59 bits per heavy atom. The Hall–Kier alpha value is -5.23. The van der Waals surface area contributed by atoms with Crippen molar-refractivity contribution < 1.29 is 23.8 Å². The van der Waals surface area contributed by atoms with Gasteiger partial charge in [0.1, 0.15) is 42.1 Å². The van der Waals surface area contributed by atoms with Gasteiger partial charge in [0.15, 0.2) is 0 Å². The predicted molar refractivity (Wildman–Crippen MR) is 172 cm³/mol. The maximum atomic E-state index is 14.7. The normalized spacial score (nSPS) is 14.2. The van der Waals surface area contributed by atoms with Gasteiger partial charge >= 0.3 is 5.97 Å². The van der Waals surface area contributed by atoms with E-state index in [1.54, 1.807) is 60.8 Å². The first-order valence-corrected chi connectivity index (χ1v) is 15.1. The molecule has 7 nitrogen and oxygen atoms in total. The van der Waals surface area contributed by atoms with Crippen molar-refractivity contribution in [2.75, 3.05) is 0 Å². The summed E-state index contributed by atoms with van der Waals surface area (Å²) in [4.78, 5) is 16.2. The summed E-state index contributed by atoms with van der Waals surface area (Å²) in [6.45, 7) is 0.242. The van der Waals surface area contributed by atoms with E-state index in [9.17, 15) is 19.6 Å². The summed E-state index contributed by atoms with van der Waals surface area (Å²) in [6, 6.07) is 27.7. The van der Waals surface area contributed by atoms with Crippen LogP contribution in [0.15, 0.2) is 103 Å². The summed E-state index contributed by atoms with van der Waals surface area (Å²) in [6.07, 6.45) is 4.17. The topological polar surface area (TPSA) is 104 Å². The number of rotatable bonds is 11. The molecule has 0 saturated carbocycles. The van der Waals surface area contributed by atoms with E-state index in [1.807, 2.05) is 30.3 Å². The van der Waals surface area contributed by atoms with Gasteiger partial charge in [-0.25, -0.2) is 4.39 Å². The summed E-state index contributed by atoms with van der Waals surface area (Å²) < 4.78 is 27.4. The summed E-state index contributed by atoms with van der Waals surface area (Å²) >= 11 is 6.79. The molecule has 0 spiro atoms. The minimum atomic E-state index is -1.02. The van der Waals surface area contributed by atoms with Crippen molar-refractivity contribution in [1.82, 2.24) is 10.3 Å². The van der Waals surface area contributed by atoms with Crippen molar-refractivity contribution in [2.24, 2.45) is 0 Å². The number of benzene rings is 4. The van der Waals surface area contributed by atoms with Crippen LogP contribution < -0.4 is 14.8 Å². The third-order valence-electron chi connectivity index (χ3n) is 7.96. The lowest BCUT2D eigenvalue weighted by Gasteiger charge is -2.21. The van der Waals surface area contributed by atoms with Crippen molar-refractivity contribution in [3.63, 3.8) is 0 Å². The maximum absolute atomic E-state index is 14.7. The molecule has 0 amide bonds. The number of nitrogens with zero attached hydrogens (tertiary/aromatic N) is 2. The highest BCUT2D eigenvalue weighted by Gasteiger charge is 2.28. The Balaban J connectivity index is 1.29. The van der Waals surface area contributed by atoms with Gasteiger partial charge in [-0.2, -0.15) is 5.26 Å². The fourth-order valence-electron chi connectivity index (χ4n) is 5.76. The van der Waals surface area contributed by atoms with Crippen LogP contribution in [0.4, 0.5) is 4.39 Å². The van der Waals surface area contributed by atoms with Crippen LogP contribution in [0, 0.1) is 17.1 Å². The molecular weight excluding hydrogens is 605 g/mol. The van der Waals surface area contributed by atoms with E-state index in [0.29, 0.717) is 57.2 Å². The molecule has 0 radical (unpaired) electrons. The Kier molecular flexibility index (Phi) is 9.25. The van der Waals surface area contributed by atoms with Gasteiger partial charge in [-0.1, -0.05) is 78.3 Å². The number of hydrogen-bond donors (Lipinski definition) is 2. The van der Waals surface area contributed by atoms with E-state index < -0.39 is 12.0 Å². The Bertz CT molecular complexity index is 1930. The fraction of sp³-hybridized carbons (Fsp3) is 0.162. The van der Waals surface area contributed by atoms with Crippen LogP contribution in [0.1, 0.15) is 51.9 Å².